The fraction of sp³-hybridized carbons (Fsp3) is 1.00. The van der Waals surface area contributed by atoms with E-state index >= 15 is 0 Å². The highest BCUT2D eigenvalue weighted by atomic mass is 31.2. The molecule has 18 heavy (non-hydrogen) atoms. The normalized spacial score (nSPS) is 12.3. The number of hydrogen-bond donors (Lipinski definition) is 2. The highest BCUT2D eigenvalue weighted by Crippen LogP contribution is 2.35. The van der Waals surface area contributed by atoms with Gasteiger partial charge in [0.2, 0.25) is 0 Å². The summed E-state index contributed by atoms with van der Waals surface area (Å²) >= 11 is 0. The molecule has 2 N–H and O–H groups in total. The summed E-state index contributed by atoms with van der Waals surface area (Å²) in [7, 11) is 0.466. The lowest BCUT2D eigenvalue weighted by atomic mass is 10.1. The van der Waals surface area contributed by atoms with Gasteiger partial charge in [-0.05, 0) is 33.5 Å². The number of hydrogen-bond acceptors (Lipinski definition) is 2. The Bertz CT molecular complexity index is 228. The zero-order valence-electron chi connectivity index (χ0n) is 12.0. The molecule has 0 saturated carbocycles. The lowest BCUT2D eigenvalue weighted by Gasteiger charge is -2.08. The molecule has 0 aliphatic rings. The molecule has 0 aromatic rings. The molecule has 0 aromatic heterocycles. The van der Waals surface area contributed by atoms with Gasteiger partial charge in [-0.1, -0.05) is 44.9 Å². The van der Waals surface area contributed by atoms with Gasteiger partial charge in [-0.3, -0.25) is 4.57 Å². The van der Waals surface area contributed by atoms with Crippen LogP contribution in [0.1, 0.15) is 57.8 Å². The second-order valence-corrected chi connectivity index (χ2v) is 7.15. The fourth-order valence-corrected chi connectivity index (χ4v) is 2.62. The molecule has 0 radical (unpaired) electrons. The van der Waals surface area contributed by atoms with Gasteiger partial charge in [-0.15, -0.1) is 0 Å². The minimum Gasteiger partial charge on any atom is -0.324 e. The van der Waals surface area contributed by atoms with Crippen LogP contribution in [-0.2, 0) is 4.57 Å². The Morgan fingerprint density at radius 1 is 0.778 bits per heavy atom. The smallest absolute Gasteiger partial charge is 0.324 e. The zero-order valence-corrected chi connectivity index (χ0v) is 12.9. The Kier molecular flexibility index (Phi) is 11.0. The predicted molar refractivity (Wildman–Crippen MR) is 77.0 cm³/mol. The SMILES string of the molecule is CN(C)CCCCCCCCCCCP(=O)(O)O. The summed E-state index contributed by atoms with van der Waals surface area (Å²) in [4.78, 5) is 19.6. The van der Waals surface area contributed by atoms with E-state index in [9.17, 15) is 4.57 Å². The van der Waals surface area contributed by atoms with Crippen molar-refractivity contribution < 1.29 is 14.4 Å². The summed E-state index contributed by atoms with van der Waals surface area (Å²) in [6.07, 6.45) is 10.5. The third-order valence-electron chi connectivity index (χ3n) is 3.05. The first kappa shape index (κ1) is 18.1. The van der Waals surface area contributed by atoms with E-state index in [1.807, 2.05) is 0 Å². The molecular formula is C13H30NO3P. The third-order valence-corrected chi connectivity index (χ3v) is 3.95. The van der Waals surface area contributed by atoms with Crippen LogP contribution < -0.4 is 0 Å². The first-order chi connectivity index (χ1) is 8.42. The predicted octanol–water partition coefficient (Wildman–Crippen LogP) is 3.24. The Hall–Kier alpha value is 0.110. The van der Waals surface area contributed by atoms with E-state index in [1.54, 1.807) is 0 Å². The molecular weight excluding hydrogens is 249 g/mol. The molecule has 0 amide bonds. The lowest BCUT2D eigenvalue weighted by molar-refractivity contribution is 0.370. The molecule has 5 heteroatoms. The monoisotopic (exact) mass is 279 g/mol. The van der Waals surface area contributed by atoms with Crippen molar-refractivity contribution >= 4 is 7.60 Å². The molecule has 0 aliphatic heterocycles. The standard InChI is InChI=1S/C13H30NO3P/c1-14(2)12-10-8-6-4-3-5-7-9-11-13-18(15,16)17/h3-13H2,1-2H3,(H2,15,16,17). The average molecular weight is 279 g/mol. The number of nitrogens with zero attached hydrogens (tertiary/aromatic N) is 1. The largest absolute Gasteiger partial charge is 0.325 e. The van der Waals surface area contributed by atoms with Gasteiger partial charge >= 0.3 is 7.60 Å². The highest BCUT2D eigenvalue weighted by molar-refractivity contribution is 7.51. The maximum atomic E-state index is 10.6. The van der Waals surface area contributed by atoms with Crippen LogP contribution in [0.5, 0.6) is 0 Å². The molecule has 0 heterocycles. The van der Waals surface area contributed by atoms with Crippen LogP contribution >= 0.6 is 7.60 Å². The van der Waals surface area contributed by atoms with Crippen molar-refractivity contribution in [1.82, 2.24) is 4.90 Å². The molecule has 0 aliphatic carbocycles. The van der Waals surface area contributed by atoms with Crippen LogP contribution in [0.25, 0.3) is 0 Å². The van der Waals surface area contributed by atoms with E-state index in [0.29, 0.717) is 6.42 Å². The number of unbranched alkanes of at least 4 members (excludes halogenated alkanes) is 8. The minimum atomic E-state index is -3.75. The molecule has 0 rings (SSSR count). The van der Waals surface area contributed by atoms with E-state index in [1.165, 1.54) is 45.1 Å². The van der Waals surface area contributed by atoms with Gasteiger partial charge in [-0.25, -0.2) is 0 Å². The molecule has 0 fully saturated rings. The second kappa shape index (κ2) is 11.0. The van der Waals surface area contributed by atoms with E-state index in [2.05, 4.69) is 19.0 Å². The maximum absolute atomic E-state index is 10.6. The van der Waals surface area contributed by atoms with Crippen LogP contribution in [0.4, 0.5) is 0 Å². The molecule has 0 aromatic carbocycles. The average Bonchev–Trinajstić information content (AvgIpc) is 2.24. The summed E-state index contributed by atoms with van der Waals surface area (Å²) < 4.78 is 10.6. The molecule has 110 valence electrons. The summed E-state index contributed by atoms with van der Waals surface area (Å²) in [6.45, 7) is 1.18. The summed E-state index contributed by atoms with van der Waals surface area (Å²) in [6, 6.07) is 0. The molecule has 0 saturated heterocycles. The van der Waals surface area contributed by atoms with Gasteiger partial charge < -0.3 is 14.7 Å². The van der Waals surface area contributed by atoms with E-state index in [-0.39, 0.29) is 6.16 Å². The molecule has 4 nitrogen and oxygen atoms in total. The van der Waals surface area contributed by atoms with E-state index < -0.39 is 7.60 Å². The van der Waals surface area contributed by atoms with E-state index in [0.717, 1.165) is 12.8 Å². The van der Waals surface area contributed by atoms with Gasteiger partial charge in [0.1, 0.15) is 0 Å². The maximum Gasteiger partial charge on any atom is 0.325 e. The highest BCUT2D eigenvalue weighted by Gasteiger charge is 2.10. The summed E-state index contributed by atoms with van der Waals surface area (Å²) in [5.41, 5.74) is 0. The van der Waals surface area contributed by atoms with Gasteiger partial charge in [0.05, 0.1) is 0 Å². The quantitative estimate of drug-likeness (QED) is 0.425. The van der Waals surface area contributed by atoms with Crippen LogP contribution in [0.3, 0.4) is 0 Å². The van der Waals surface area contributed by atoms with Crippen LogP contribution in [0.15, 0.2) is 0 Å². The first-order valence-electron chi connectivity index (χ1n) is 7.11. The Balaban J connectivity index is 3.06. The minimum absolute atomic E-state index is 0.0531. The Labute approximate surface area is 112 Å². The Morgan fingerprint density at radius 3 is 1.56 bits per heavy atom. The molecule has 0 atom stereocenters. The third kappa shape index (κ3) is 16.1. The summed E-state index contributed by atoms with van der Waals surface area (Å²) in [5, 5.41) is 0. The van der Waals surface area contributed by atoms with Crippen LogP contribution in [-0.4, -0.2) is 41.5 Å². The van der Waals surface area contributed by atoms with Crippen molar-refractivity contribution in [3.05, 3.63) is 0 Å². The van der Waals surface area contributed by atoms with Crippen molar-refractivity contribution in [1.29, 1.82) is 0 Å². The number of rotatable bonds is 12. The van der Waals surface area contributed by atoms with Crippen molar-refractivity contribution in [2.24, 2.45) is 0 Å². The van der Waals surface area contributed by atoms with Gasteiger partial charge in [-0.2, -0.15) is 0 Å². The molecule has 0 bridgehead atoms. The molecule has 0 unspecified atom stereocenters. The fourth-order valence-electron chi connectivity index (χ4n) is 1.98. The van der Waals surface area contributed by atoms with Crippen molar-refractivity contribution in [2.45, 2.75) is 57.8 Å². The molecule has 0 spiro atoms. The Morgan fingerprint density at radius 2 is 1.17 bits per heavy atom. The second-order valence-electron chi connectivity index (χ2n) is 5.37. The first-order valence-corrected chi connectivity index (χ1v) is 8.91. The van der Waals surface area contributed by atoms with Gasteiger partial charge in [0.25, 0.3) is 0 Å². The zero-order chi connectivity index (χ0) is 13.9. The lowest BCUT2D eigenvalue weighted by Crippen LogP contribution is -2.12. The van der Waals surface area contributed by atoms with Crippen LogP contribution in [0, 0.1) is 0 Å². The van der Waals surface area contributed by atoms with Crippen molar-refractivity contribution in [2.75, 3.05) is 26.8 Å². The van der Waals surface area contributed by atoms with Crippen molar-refractivity contribution in [3.63, 3.8) is 0 Å². The van der Waals surface area contributed by atoms with Crippen LogP contribution in [0.2, 0.25) is 0 Å². The van der Waals surface area contributed by atoms with Crippen molar-refractivity contribution in [3.8, 4) is 0 Å². The van der Waals surface area contributed by atoms with Gasteiger partial charge in [0, 0.05) is 6.16 Å². The summed E-state index contributed by atoms with van der Waals surface area (Å²) in [5.74, 6) is 0. The van der Waals surface area contributed by atoms with Gasteiger partial charge in [0.15, 0.2) is 0 Å². The topological polar surface area (TPSA) is 60.8 Å². The van der Waals surface area contributed by atoms with E-state index in [4.69, 9.17) is 9.79 Å².